The molecule has 0 unspecified atom stereocenters. The highest BCUT2D eigenvalue weighted by atomic mass is 32.2. The van der Waals surface area contributed by atoms with E-state index in [1.165, 1.54) is 30.6 Å². The van der Waals surface area contributed by atoms with Crippen LogP contribution in [0.3, 0.4) is 0 Å². The number of fused-ring (bicyclic) bond motifs is 1. The third kappa shape index (κ3) is 6.01. The number of nitrogens with one attached hydrogen (secondary N) is 1. The van der Waals surface area contributed by atoms with Gasteiger partial charge in [-0.3, -0.25) is 4.72 Å². The van der Waals surface area contributed by atoms with Gasteiger partial charge in [-0.25, -0.2) is 22.6 Å². The van der Waals surface area contributed by atoms with Crippen molar-refractivity contribution in [1.29, 1.82) is 0 Å². The molecule has 5 rings (SSSR count). The van der Waals surface area contributed by atoms with Gasteiger partial charge in [0.1, 0.15) is 16.6 Å². The number of ether oxygens (including phenoxy) is 1. The molecule has 216 valence electrons. The Labute approximate surface area is 236 Å². The molecule has 41 heavy (non-hydrogen) atoms. The molecule has 1 aliphatic rings. The highest BCUT2D eigenvalue weighted by molar-refractivity contribution is 7.92. The largest absolute Gasteiger partial charge is 0.495 e. The third-order valence-electron chi connectivity index (χ3n) is 7.25. The van der Waals surface area contributed by atoms with E-state index in [0.717, 1.165) is 23.3 Å². The van der Waals surface area contributed by atoms with Crippen LogP contribution in [0.2, 0.25) is 0 Å². The number of methoxy groups -OCH3 is 1. The van der Waals surface area contributed by atoms with Crippen molar-refractivity contribution in [3.8, 4) is 16.3 Å². The summed E-state index contributed by atoms with van der Waals surface area (Å²) >= 11 is 1.27. The summed E-state index contributed by atoms with van der Waals surface area (Å²) in [5, 5.41) is 9.75. The van der Waals surface area contributed by atoms with E-state index in [2.05, 4.69) is 9.71 Å². The number of carbonyl (C=O) groups is 1. The van der Waals surface area contributed by atoms with Crippen molar-refractivity contribution in [2.24, 2.45) is 5.92 Å². The molecule has 1 heterocycles. The maximum atomic E-state index is 14.2. The quantitative estimate of drug-likeness (QED) is 0.211. The average Bonchev–Trinajstić information content (AvgIpc) is 3.36. The Morgan fingerprint density at radius 3 is 2.34 bits per heavy atom. The van der Waals surface area contributed by atoms with Crippen LogP contribution in [-0.4, -0.2) is 37.8 Å². The fourth-order valence-corrected chi connectivity index (χ4v) is 7.19. The van der Waals surface area contributed by atoms with Gasteiger partial charge in [0, 0.05) is 11.6 Å². The predicted molar refractivity (Wildman–Crippen MR) is 147 cm³/mol. The molecule has 3 aromatic carbocycles. The molecule has 0 radical (unpaired) electrons. The molecule has 0 saturated heterocycles. The van der Waals surface area contributed by atoms with E-state index < -0.39 is 39.5 Å². The Morgan fingerprint density at radius 1 is 1.05 bits per heavy atom. The van der Waals surface area contributed by atoms with Gasteiger partial charge in [0.2, 0.25) is 0 Å². The number of carboxylic acid groups (broad SMARTS) is 1. The Morgan fingerprint density at radius 2 is 1.73 bits per heavy atom. The highest BCUT2D eigenvalue weighted by Gasteiger charge is 2.41. The second kappa shape index (κ2) is 10.9. The standard InChI is InChI=1S/C28H24F4N2O5S2/c1-39-24-13-20(27(35)36)21(29)14-23(24)34-41(37,38)19-10-11-22-25(12-19)40-26(33-22)17-4-2-15(3-5-17)16-6-8-18(9-7-16)28(30,31)32/h2-5,10-14,16,18,34H,6-9H2,1H3,(H,35,36). The Bertz CT molecular complexity index is 1710. The summed E-state index contributed by atoms with van der Waals surface area (Å²) < 4.78 is 87.3. The molecule has 1 saturated carbocycles. The number of benzene rings is 3. The van der Waals surface area contributed by atoms with Gasteiger partial charge in [-0.05, 0) is 61.4 Å². The molecule has 13 heteroatoms. The summed E-state index contributed by atoms with van der Waals surface area (Å²) in [7, 11) is -3.01. The van der Waals surface area contributed by atoms with Crippen molar-refractivity contribution in [2.75, 3.05) is 11.8 Å². The molecular weight excluding hydrogens is 584 g/mol. The fourth-order valence-electron chi connectivity index (χ4n) is 5.02. The first-order chi connectivity index (χ1) is 19.4. The van der Waals surface area contributed by atoms with Gasteiger partial charge >= 0.3 is 12.1 Å². The summed E-state index contributed by atoms with van der Waals surface area (Å²) in [6.45, 7) is 0. The van der Waals surface area contributed by atoms with Gasteiger partial charge in [0.25, 0.3) is 10.0 Å². The topological polar surface area (TPSA) is 106 Å². The van der Waals surface area contributed by atoms with Crippen molar-refractivity contribution in [1.82, 2.24) is 4.98 Å². The van der Waals surface area contributed by atoms with Crippen LogP contribution < -0.4 is 9.46 Å². The molecule has 0 aliphatic heterocycles. The first-order valence-electron chi connectivity index (χ1n) is 12.6. The lowest BCUT2D eigenvalue weighted by atomic mass is 9.78. The van der Waals surface area contributed by atoms with Crippen LogP contribution in [0.25, 0.3) is 20.8 Å². The number of nitrogens with zero attached hydrogens (tertiary/aromatic N) is 1. The number of halogens is 4. The molecule has 1 aromatic heterocycles. The summed E-state index contributed by atoms with van der Waals surface area (Å²) in [5.74, 6) is -3.97. The fraction of sp³-hybridized carbons (Fsp3) is 0.286. The van der Waals surface area contributed by atoms with Gasteiger partial charge in [0.15, 0.2) is 0 Å². The van der Waals surface area contributed by atoms with Crippen LogP contribution in [0.1, 0.15) is 47.5 Å². The van der Waals surface area contributed by atoms with Crippen LogP contribution >= 0.6 is 11.3 Å². The minimum absolute atomic E-state index is 0.0747. The van der Waals surface area contributed by atoms with Crippen LogP contribution in [-0.2, 0) is 10.0 Å². The smallest absolute Gasteiger partial charge is 0.391 e. The lowest BCUT2D eigenvalue weighted by Gasteiger charge is -2.30. The van der Waals surface area contributed by atoms with E-state index in [9.17, 15) is 30.8 Å². The van der Waals surface area contributed by atoms with Crippen molar-refractivity contribution >= 4 is 43.2 Å². The Hall–Kier alpha value is -3.71. The molecule has 0 bridgehead atoms. The number of thiazole rings is 1. The van der Waals surface area contributed by atoms with E-state index in [4.69, 9.17) is 9.84 Å². The lowest BCUT2D eigenvalue weighted by molar-refractivity contribution is -0.182. The molecule has 4 aromatic rings. The van der Waals surface area contributed by atoms with Gasteiger partial charge < -0.3 is 9.84 Å². The van der Waals surface area contributed by atoms with Crippen LogP contribution in [0, 0.1) is 11.7 Å². The zero-order chi connectivity index (χ0) is 29.5. The van der Waals surface area contributed by atoms with Crippen molar-refractivity contribution in [2.45, 2.75) is 42.7 Å². The minimum atomic E-state index is -4.21. The van der Waals surface area contributed by atoms with Gasteiger partial charge in [-0.15, -0.1) is 11.3 Å². The number of anilines is 1. The normalized spacial score (nSPS) is 17.9. The highest BCUT2D eigenvalue weighted by Crippen LogP contribution is 2.43. The number of alkyl halides is 3. The maximum absolute atomic E-state index is 14.2. The first-order valence-corrected chi connectivity index (χ1v) is 14.9. The number of carboxylic acids is 1. The monoisotopic (exact) mass is 608 g/mol. The predicted octanol–water partition coefficient (Wildman–Crippen LogP) is 7.45. The molecular formula is C28H24F4N2O5S2. The van der Waals surface area contributed by atoms with E-state index in [0.29, 0.717) is 28.1 Å². The summed E-state index contributed by atoms with van der Waals surface area (Å²) in [5.41, 5.74) is 1.42. The molecule has 0 spiro atoms. The Kier molecular flexibility index (Phi) is 7.68. The van der Waals surface area contributed by atoms with E-state index in [1.54, 1.807) is 6.07 Å². The number of rotatable bonds is 7. The van der Waals surface area contributed by atoms with Gasteiger partial charge in [0.05, 0.1) is 39.4 Å². The van der Waals surface area contributed by atoms with Crippen LogP contribution in [0.15, 0.2) is 59.5 Å². The number of hydrogen-bond donors (Lipinski definition) is 2. The second-order valence-corrected chi connectivity index (χ2v) is 12.5. The summed E-state index contributed by atoms with van der Waals surface area (Å²) in [6, 6.07) is 13.5. The number of aromatic carboxylic acids is 1. The van der Waals surface area contributed by atoms with Crippen molar-refractivity contribution < 1.29 is 40.6 Å². The molecule has 1 aliphatic carbocycles. The second-order valence-electron chi connectivity index (χ2n) is 9.80. The van der Waals surface area contributed by atoms with E-state index in [1.807, 2.05) is 24.3 Å². The lowest BCUT2D eigenvalue weighted by Crippen LogP contribution is -2.27. The zero-order valence-corrected chi connectivity index (χ0v) is 23.2. The average molecular weight is 609 g/mol. The van der Waals surface area contributed by atoms with Crippen LogP contribution in [0.5, 0.6) is 5.75 Å². The molecule has 0 amide bonds. The van der Waals surface area contributed by atoms with Gasteiger partial charge in [-0.2, -0.15) is 13.2 Å². The molecule has 1 fully saturated rings. The van der Waals surface area contributed by atoms with E-state index in [-0.39, 0.29) is 35.1 Å². The Balaban J connectivity index is 1.35. The minimum Gasteiger partial charge on any atom is -0.495 e. The SMILES string of the molecule is COc1cc(C(=O)O)c(F)cc1NS(=O)(=O)c1ccc2nc(-c3ccc(C4CCC(C(F)(F)F)CC4)cc3)sc2c1. The first kappa shape index (κ1) is 28.8. The molecule has 2 N–H and O–H groups in total. The maximum Gasteiger partial charge on any atom is 0.391 e. The number of sulfonamides is 1. The molecule has 7 nitrogen and oxygen atoms in total. The van der Waals surface area contributed by atoms with Crippen molar-refractivity contribution in [3.63, 3.8) is 0 Å². The number of aromatic nitrogens is 1. The third-order valence-corrected chi connectivity index (χ3v) is 9.68. The molecule has 0 atom stereocenters. The number of hydrogen-bond acceptors (Lipinski definition) is 6. The van der Waals surface area contributed by atoms with Crippen molar-refractivity contribution in [3.05, 3.63) is 71.5 Å². The summed E-state index contributed by atoms with van der Waals surface area (Å²) in [6.07, 6.45) is -2.92. The van der Waals surface area contributed by atoms with E-state index >= 15 is 0 Å². The summed E-state index contributed by atoms with van der Waals surface area (Å²) in [4.78, 5) is 15.7. The van der Waals surface area contributed by atoms with Crippen LogP contribution in [0.4, 0.5) is 23.2 Å². The van der Waals surface area contributed by atoms with Gasteiger partial charge in [-0.1, -0.05) is 24.3 Å². The zero-order valence-electron chi connectivity index (χ0n) is 21.5.